The number of rotatable bonds is 3. The number of carbonyl (C=O) groups excluding carboxylic acids is 1. The van der Waals surface area contributed by atoms with E-state index in [9.17, 15) is 4.79 Å². The molecule has 0 saturated carbocycles. The molecule has 0 fully saturated rings. The van der Waals surface area contributed by atoms with E-state index in [1.54, 1.807) is 37.5 Å². The summed E-state index contributed by atoms with van der Waals surface area (Å²) in [5.74, 6) is 0.569. The van der Waals surface area contributed by atoms with E-state index in [0.717, 1.165) is 22.7 Å². The normalized spacial score (nSPS) is 16.2. The number of hydrogen-bond donors (Lipinski definition) is 2. The SMILES string of the molecule is COc1ccc2c(C(=O)C3=CC/C(=C/O)C=C3)n[nH]c2c1. The molecular formula is C16H14N2O3. The third-order valence-corrected chi connectivity index (χ3v) is 3.45. The van der Waals surface area contributed by atoms with Crippen molar-refractivity contribution in [2.45, 2.75) is 6.42 Å². The van der Waals surface area contributed by atoms with Crippen molar-refractivity contribution < 1.29 is 14.6 Å². The van der Waals surface area contributed by atoms with Crippen molar-refractivity contribution in [2.75, 3.05) is 7.11 Å². The Bertz CT molecular complexity index is 797. The lowest BCUT2D eigenvalue weighted by atomic mass is 9.98. The van der Waals surface area contributed by atoms with Crippen LogP contribution in [0.4, 0.5) is 0 Å². The molecule has 0 bridgehead atoms. The van der Waals surface area contributed by atoms with Gasteiger partial charge in [-0.2, -0.15) is 5.10 Å². The molecule has 106 valence electrons. The van der Waals surface area contributed by atoms with Gasteiger partial charge in [0.2, 0.25) is 5.78 Å². The van der Waals surface area contributed by atoms with Gasteiger partial charge in [0.25, 0.3) is 0 Å². The zero-order chi connectivity index (χ0) is 14.8. The first-order valence-corrected chi connectivity index (χ1v) is 6.51. The predicted molar refractivity (Wildman–Crippen MR) is 79.5 cm³/mol. The van der Waals surface area contributed by atoms with E-state index in [1.807, 2.05) is 6.07 Å². The monoisotopic (exact) mass is 282 g/mol. The number of allylic oxidation sites excluding steroid dienone is 5. The molecule has 3 rings (SSSR count). The topological polar surface area (TPSA) is 75.2 Å². The highest BCUT2D eigenvalue weighted by Gasteiger charge is 2.18. The van der Waals surface area contributed by atoms with E-state index in [2.05, 4.69) is 10.2 Å². The van der Waals surface area contributed by atoms with E-state index in [-0.39, 0.29) is 5.78 Å². The molecule has 0 spiro atoms. The maximum atomic E-state index is 12.5. The molecule has 0 amide bonds. The van der Waals surface area contributed by atoms with Gasteiger partial charge in [0, 0.05) is 17.0 Å². The zero-order valence-electron chi connectivity index (χ0n) is 11.5. The fourth-order valence-corrected chi connectivity index (χ4v) is 2.26. The number of H-pyrrole nitrogens is 1. The van der Waals surface area contributed by atoms with Crippen molar-refractivity contribution in [3.05, 3.63) is 59.5 Å². The molecule has 1 heterocycles. The van der Waals surface area contributed by atoms with Gasteiger partial charge in [-0.1, -0.05) is 18.2 Å². The average molecular weight is 282 g/mol. The standard InChI is InChI=1S/C16H14N2O3/c1-21-12-6-7-13-14(8-12)17-18-15(13)16(20)11-4-2-10(9-19)3-5-11/h2,4-9,19H,3H2,1H3,(H,17,18)/b10-9+. The number of hydrogen-bond acceptors (Lipinski definition) is 4. The van der Waals surface area contributed by atoms with E-state index >= 15 is 0 Å². The zero-order valence-corrected chi connectivity index (χ0v) is 11.5. The Kier molecular flexibility index (Phi) is 3.31. The number of ether oxygens (including phenoxy) is 1. The number of benzene rings is 1. The van der Waals surface area contributed by atoms with Crippen LogP contribution in [0.1, 0.15) is 16.9 Å². The molecule has 1 aliphatic rings. The molecule has 0 aliphatic heterocycles. The number of ketones is 1. The number of aromatic amines is 1. The fraction of sp³-hybridized carbons (Fsp3) is 0.125. The highest BCUT2D eigenvalue weighted by atomic mass is 16.5. The van der Waals surface area contributed by atoms with Crippen molar-refractivity contribution in [1.29, 1.82) is 0 Å². The average Bonchev–Trinajstić information content (AvgIpc) is 2.97. The molecule has 1 aromatic heterocycles. The van der Waals surface area contributed by atoms with Gasteiger partial charge >= 0.3 is 0 Å². The maximum absolute atomic E-state index is 12.5. The number of aliphatic hydroxyl groups excluding tert-OH is 1. The smallest absolute Gasteiger partial charge is 0.213 e. The molecule has 21 heavy (non-hydrogen) atoms. The molecule has 2 aromatic rings. The fourth-order valence-electron chi connectivity index (χ4n) is 2.26. The second-order valence-electron chi connectivity index (χ2n) is 4.71. The van der Waals surface area contributed by atoms with Crippen molar-refractivity contribution in [3.8, 4) is 5.75 Å². The van der Waals surface area contributed by atoms with Gasteiger partial charge < -0.3 is 9.84 Å². The van der Waals surface area contributed by atoms with Gasteiger partial charge in [-0.25, -0.2) is 0 Å². The Hall–Kier alpha value is -2.82. The Labute approximate surface area is 121 Å². The van der Waals surface area contributed by atoms with Crippen LogP contribution in [0, 0.1) is 0 Å². The summed E-state index contributed by atoms with van der Waals surface area (Å²) in [6.07, 6.45) is 6.78. The summed E-state index contributed by atoms with van der Waals surface area (Å²) in [5, 5.41) is 16.7. The third-order valence-electron chi connectivity index (χ3n) is 3.45. The summed E-state index contributed by atoms with van der Waals surface area (Å²) in [5.41, 5.74) is 2.49. The first kappa shape index (κ1) is 13.2. The number of nitrogens with zero attached hydrogens (tertiary/aromatic N) is 1. The number of nitrogens with one attached hydrogen (secondary N) is 1. The van der Waals surface area contributed by atoms with Crippen LogP contribution in [-0.4, -0.2) is 28.2 Å². The van der Waals surface area contributed by atoms with Gasteiger partial charge in [-0.15, -0.1) is 0 Å². The Balaban J connectivity index is 1.96. The van der Waals surface area contributed by atoms with Gasteiger partial charge in [0.1, 0.15) is 11.4 Å². The highest BCUT2D eigenvalue weighted by molar-refractivity contribution is 6.16. The molecule has 2 N–H and O–H groups in total. The molecule has 5 heteroatoms. The van der Waals surface area contributed by atoms with Gasteiger partial charge in [0.05, 0.1) is 18.9 Å². The predicted octanol–water partition coefficient (Wildman–Crippen LogP) is 3.08. The van der Waals surface area contributed by atoms with Crippen molar-refractivity contribution >= 4 is 16.7 Å². The van der Waals surface area contributed by atoms with Gasteiger partial charge in [-0.05, 0) is 24.1 Å². The maximum Gasteiger partial charge on any atom is 0.213 e. The third kappa shape index (κ3) is 2.33. The number of methoxy groups -OCH3 is 1. The molecule has 0 radical (unpaired) electrons. The second-order valence-corrected chi connectivity index (χ2v) is 4.71. The lowest BCUT2D eigenvalue weighted by Crippen LogP contribution is -2.05. The minimum atomic E-state index is -0.139. The Morgan fingerprint density at radius 1 is 1.43 bits per heavy atom. The quantitative estimate of drug-likeness (QED) is 0.670. The summed E-state index contributed by atoms with van der Waals surface area (Å²) in [4.78, 5) is 12.5. The summed E-state index contributed by atoms with van der Waals surface area (Å²) in [6.45, 7) is 0. The van der Waals surface area contributed by atoms with Crippen LogP contribution in [0.3, 0.4) is 0 Å². The molecule has 1 aromatic carbocycles. The minimum absolute atomic E-state index is 0.139. The summed E-state index contributed by atoms with van der Waals surface area (Å²) < 4.78 is 5.15. The lowest BCUT2D eigenvalue weighted by molar-refractivity contribution is 0.103. The van der Waals surface area contributed by atoms with Gasteiger partial charge in [0.15, 0.2) is 0 Å². The van der Waals surface area contributed by atoms with Crippen molar-refractivity contribution in [1.82, 2.24) is 10.2 Å². The number of Topliss-reactive ketones (excluding diaryl/α,β-unsaturated/α-hetero) is 1. The van der Waals surface area contributed by atoms with Crippen LogP contribution >= 0.6 is 0 Å². The van der Waals surface area contributed by atoms with Crippen LogP contribution in [0.2, 0.25) is 0 Å². The molecule has 1 aliphatic carbocycles. The number of aliphatic hydroxyl groups is 1. The van der Waals surface area contributed by atoms with Crippen molar-refractivity contribution in [3.63, 3.8) is 0 Å². The summed E-state index contributed by atoms with van der Waals surface area (Å²) >= 11 is 0. The van der Waals surface area contributed by atoms with Crippen LogP contribution in [0.25, 0.3) is 10.9 Å². The summed E-state index contributed by atoms with van der Waals surface area (Å²) in [7, 11) is 1.59. The number of carbonyl (C=O) groups is 1. The molecule has 0 saturated heterocycles. The van der Waals surface area contributed by atoms with E-state index in [0.29, 0.717) is 23.4 Å². The molecule has 0 atom stereocenters. The first-order valence-electron chi connectivity index (χ1n) is 6.51. The largest absolute Gasteiger partial charge is 0.515 e. The minimum Gasteiger partial charge on any atom is -0.515 e. The first-order chi connectivity index (χ1) is 10.2. The molecular weight excluding hydrogens is 268 g/mol. The second kappa shape index (κ2) is 5.28. The Morgan fingerprint density at radius 3 is 2.95 bits per heavy atom. The Morgan fingerprint density at radius 2 is 2.29 bits per heavy atom. The van der Waals surface area contributed by atoms with Crippen LogP contribution in [0.5, 0.6) is 5.75 Å². The van der Waals surface area contributed by atoms with Crippen molar-refractivity contribution in [2.24, 2.45) is 0 Å². The van der Waals surface area contributed by atoms with Crippen LogP contribution in [-0.2, 0) is 0 Å². The van der Waals surface area contributed by atoms with Crippen LogP contribution in [0.15, 0.2) is 53.8 Å². The highest BCUT2D eigenvalue weighted by Crippen LogP contribution is 2.25. The van der Waals surface area contributed by atoms with Crippen LogP contribution < -0.4 is 4.74 Å². The van der Waals surface area contributed by atoms with E-state index < -0.39 is 0 Å². The van der Waals surface area contributed by atoms with E-state index in [1.165, 1.54) is 0 Å². The lowest BCUT2D eigenvalue weighted by Gasteiger charge is -2.06. The summed E-state index contributed by atoms with van der Waals surface area (Å²) in [6, 6.07) is 5.42. The molecule has 5 nitrogen and oxygen atoms in total. The number of aromatic nitrogens is 2. The van der Waals surface area contributed by atoms with E-state index in [4.69, 9.17) is 9.84 Å². The molecule has 0 unspecified atom stereocenters. The van der Waals surface area contributed by atoms with Gasteiger partial charge in [-0.3, -0.25) is 9.89 Å². The number of fused-ring (bicyclic) bond motifs is 1.